The van der Waals surface area contributed by atoms with E-state index in [4.69, 9.17) is 14.2 Å². The Morgan fingerprint density at radius 3 is 2.06 bits per heavy atom. The van der Waals surface area contributed by atoms with E-state index in [2.05, 4.69) is 20.4 Å². The van der Waals surface area contributed by atoms with Crippen LogP contribution in [0.15, 0.2) is 73.3 Å². The molecule has 3 aromatic carbocycles. The average molecular weight is 457 g/mol. The predicted molar refractivity (Wildman–Crippen MR) is 135 cm³/mol. The van der Waals surface area contributed by atoms with E-state index in [1.165, 1.54) is 0 Å². The van der Waals surface area contributed by atoms with Gasteiger partial charge >= 0.3 is 0 Å². The highest BCUT2D eigenvalue weighted by molar-refractivity contribution is 6.00. The smallest absolute Gasteiger partial charge is 0.205 e. The monoisotopic (exact) mass is 456 g/mol. The Morgan fingerprint density at radius 2 is 1.53 bits per heavy atom. The average Bonchev–Trinajstić information content (AvgIpc) is 2.82. The van der Waals surface area contributed by atoms with Crippen LogP contribution in [0, 0.1) is 0 Å². The zero-order chi connectivity index (χ0) is 24.1. The van der Waals surface area contributed by atoms with Crippen LogP contribution in [0.2, 0.25) is 0 Å². The summed E-state index contributed by atoms with van der Waals surface area (Å²) in [7, 11) is 0. The standard InChI is InChI=1S/C30H32O4/c1-5-12-24-25-17-18-30(3,4)34-27(25)29(33-20-23-15-10-7-11-16-23)28(26(24)21(2)31)32-19-22-13-8-6-9-14-22/h5-11,13-16H,1,12,17-20H2,2-4H3. The van der Waals surface area contributed by atoms with Gasteiger partial charge in [-0.05, 0) is 56.7 Å². The highest BCUT2D eigenvalue weighted by Gasteiger charge is 2.36. The molecule has 1 aliphatic rings. The van der Waals surface area contributed by atoms with Crippen LogP contribution in [0.3, 0.4) is 0 Å². The Hall–Kier alpha value is -3.53. The number of ether oxygens (including phenoxy) is 3. The summed E-state index contributed by atoms with van der Waals surface area (Å²) in [5, 5.41) is 0. The molecule has 0 amide bonds. The van der Waals surface area contributed by atoms with Crippen LogP contribution < -0.4 is 14.2 Å². The number of rotatable bonds is 9. The zero-order valence-electron chi connectivity index (χ0n) is 20.2. The number of ketones is 1. The molecule has 0 saturated carbocycles. The van der Waals surface area contributed by atoms with Crippen LogP contribution in [-0.4, -0.2) is 11.4 Å². The van der Waals surface area contributed by atoms with E-state index in [1.807, 2.05) is 66.7 Å². The maximum absolute atomic E-state index is 13.0. The quantitative estimate of drug-likeness (QED) is 0.260. The molecule has 0 atom stereocenters. The normalized spacial score (nSPS) is 14.0. The molecule has 4 nitrogen and oxygen atoms in total. The Kier molecular flexibility index (Phi) is 7.06. The maximum atomic E-state index is 13.0. The van der Waals surface area contributed by atoms with Crippen molar-refractivity contribution in [3.05, 3.63) is 101 Å². The molecular weight excluding hydrogens is 424 g/mol. The molecule has 3 aromatic rings. The molecule has 4 rings (SSSR count). The molecule has 0 unspecified atom stereocenters. The molecule has 0 spiro atoms. The van der Waals surface area contributed by atoms with E-state index in [0.29, 0.717) is 42.4 Å². The van der Waals surface area contributed by atoms with E-state index in [1.54, 1.807) is 6.92 Å². The third-order valence-electron chi connectivity index (χ3n) is 6.09. The summed E-state index contributed by atoms with van der Waals surface area (Å²) >= 11 is 0. The van der Waals surface area contributed by atoms with Crippen molar-refractivity contribution in [1.29, 1.82) is 0 Å². The highest BCUT2D eigenvalue weighted by Crippen LogP contribution is 2.51. The van der Waals surface area contributed by atoms with Gasteiger partial charge in [0.2, 0.25) is 5.75 Å². The van der Waals surface area contributed by atoms with Crippen LogP contribution in [-0.2, 0) is 26.1 Å². The molecule has 0 radical (unpaired) electrons. The Morgan fingerprint density at radius 1 is 0.971 bits per heavy atom. The van der Waals surface area contributed by atoms with Gasteiger partial charge in [0, 0.05) is 5.56 Å². The Labute approximate surface area is 202 Å². The molecule has 34 heavy (non-hydrogen) atoms. The molecule has 1 aliphatic heterocycles. The van der Waals surface area contributed by atoms with Crippen LogP contribution in [0.25, 0.3) is 0 Å². The van der Waals surface area contributed by atoms with Crippen molar-refractivity contribution < 1.29 is 19.0 Å². The van der Waals surface area contributed by atoms with E-state index in [9.17, 15) is 4.79 Å². The SMILES string of the molecule is C=CCc1c2c(c(OCc3ccccc3)c(OCc3ccccc3)c1C(C)=O)OC(C)(C)CC2. The van der Waals surface area contributed by atoms with Crippen LogP contribution >= 0.6 is 0 Å². The van der Waals surface area contributed by atoms with Crippen LogP contribution in [0.1, 0.15) is 59.8 Å². The fourth-order valence-electron chi connectivity index (χ4n) is 4.37. The largest absolute Gasteiger partial charge is 0.484 e. The molecular formula is C30H32O4. The van der Waals surface area contributed by atoms with Gasteiger partial charge in [-0.1, -0.05) is 66.7 Å². The first kappa shape index (κ1) is 23.6. The maximum Gasteiger partial charge on any atom is 0.205 e. The number of carbonyl (C=O) groups excluding carboxylic acids is 1. The molecule has 4 heteroatoms. The number of Topliss-reactive ketones (excluding diaryl/α,β-unsaturated/α-hetero) is 1. The Balaban J connectivity index is 1.87. The third-order valence-corrected chi connectivity index (χ3v) is 6.09. The molecule has 0 aromatic heterocycles. The van der Waals surface area contributed by atoms with Gasteiger partial charge in [0.05, 0.1) is 5.56 Å². The van der Waals surface area contributed by atoms with Crippen molar-refractivity contribution in [2.45, 2.75) is 58.8 Å². The predicted octanol–water partition coefficient (Wildman–Crippen LogP) is 6.88. The van der Waals surface area contributed by atoms with E-state index >= 15 is 0 Å². The van der Waals surface area contributed by atoms with Gasteiger partial charge in [0.15, 0.2) is 17.3 Å². The van der Waals surface area contributed by atoms with Crippen molar-refractivity contribution in [2.24, 2.45) is 0 Å². The second kappa shape index (κ2) is 10.2. The second-order valence-electron chi connectivity index (χ2n) is 9.28. The van der Waals surface area contributed by atoms with Gasteiger partial charge < -0.3 is 14.2 Å². The lowest BCUT2D eigenvalue weighted by atomic mass is 9.86. The van der Waals surface area contributed by atoms with Gasteiger partial charge in [0.1, 0.15) is 18.8 Å². The summed E-state index contributed by atoms with van der Waals surface area (Å²) in [6, 6.07) is 19.9. The van der Waals surface area contributed by atoms with E-state index in [0.717, 1.165) is 35.1 Å². The summed E-state index contributed by atoms with van der Waals surface area (Å²) < 4.78 is 19.3. The summed E-state index contributed by atoms with van der Waals surface area (Å²) in [5.41, 5.74) is 4.18. The minimum atomic E-state index is -0.349. The third kappa shape index (κ3) is 5.17. The lowest BCUT2D eigenvalue weighted by molar-refractivity contribution is 0.0767. The summed E-state index contributed by atoms with van der Waals surface area (Å²) in [5.74, 6) is 1.57. The lowest BCUT2D eigenvalue weighted by Gasteiger charge is -2.36. The van der Waals surface area contributed by atoms with Crippen molar-refractivity contribution in [1.82, 2.24) is 0 Å². The molecule has 0 saturated heterocycles. The number of hydrogen-bond donors (Lipinski definition) is 0. The van der Waals surface area contributed by atoms with Gasteiger partial charge in [-0.25, -0.2) is 0 Å². The van der Waals surface area contributed by atoms with E-state index < -0.39 is 0 Å². The number of hydrogen-bond acceptors (Lipinski definition) is 4. The van der Waals surface area contributed by atoms with Gasteiger partial charge in [0.25, 0.3) is 0 Å². The fraction of sp³-hybridized carbons (Fsp3) is 0.300. The fourth-order valence-corrected chi connectivity index (χ4v) is 4.37. The van der Waals surface area contributed by atoms with Crippen molar-refractivity contribution >= 4 is 5.78 Å². The molecule has 0 fully saturated rings. The summed E-state index contributed by atoms with van der Waals surface area (Å²) in [6.07, 6.45) is 4.03. The number of allylic oxidation sites excluding steroid dienone is 1. The van der Waals surface area contributed by atoms with E-state index in [-0.39, 0.29) is 11.4 Å². The number of carbonyl (C=O) groups is 1. The zero-order valence-corrected chi connectivity index (χ0v) is 20.2. The lowest BCUT2D eigenvalue weighted by Crippen LogP contribution is -2.33. The van der Waals surface area contributed by atoms with Crippen molar-refractivity contribution in [3.63, 3.8) is 0 Å². The highest BCUT2D eigenvalue weighted by atomic mass is 16.6. The topological polar surface area (TPSA) is 44.8 Å². The minimum absolute atomic E-state index is 0.0582. The molecule has 0 bridgehead atoms. The first-order valence-electron chi connectivity index (χ1n) is 11.8. The first-order chi connectivity index (χ1) is 16.4. The van der Waals surface area contributed by atoms with Gasteiger partial charge in [-0.2, -0.15) is 0 Å². The Bertz CT molecular complexity index is 1160. The molecule has 0 N–H and O–H groups in total. The van der Waals surface area contributed by atoms with Crippen molar-refractivity contribution in [2.75, 3.05) is 0 Å². The molecule has 1 heterocycles. The van der Waals surface area contributed by atoms with Crippen LogP contribution in [0.4, 0.5) is 0 Å². The van der Waals surface area contributed by atoms with Crippen LogP contribution in [0.5, 0.6) is 17.2 Å². The summed E-state index contributed by atoms with van der Waals surface area (Å²) in [6.45, 7) is 10.3. The second-order valence-corrected chi connectivity index (χ2v) is 9.28. The van der Waals surface area contributed by atoms with Gasteiger partial charge in [-0.3, -0.25) is 4.79 Å². The molecule has 0 aliphatic carbocycles. The summed E-state index contributed by atoms with van der Waals surface area (Å²) in [4.78, 5) is 13.0. The first-order valence-corrected chi connectivity index (χ1v) is 11.8. The van der Waals surface area contributed by atoms with Gasteiger partial charge in [-0.15, -0.1) is 6.58 Å². The number of fused-ring (bicyclic) bond motifs is 1. The number of benzene rings is 3. The minimum Gasteiger partial charge on any atom is -0.484 e. The van der Waals surface area contributed by atoms with Crippen molar-refractivity contribution in [3.8, 4) is 17.2 Å². The molecule has 176 valence electrons.